The van der Waals surface area contributed by atoms with Gasteiger partial charge in [0, 0.05) is 13.1 Å². The molecule has 0 amide bonds. The van der Waals surface area contributed by atoms with E-state index in [-0.39, 0.29) is 0 Å². The maximum Gasteiger partial charge on any atom is 0.104 e. The number of nitrogens with zero attached hydrogens (tertiary/aromatic N) is 3. The second kappa shape index (κ2) is 7.74. The standard InChI is InChI=1S/C17H24N4/c1-3-4-5-12-21-17(16(13-18)19-20-21)11-10-15-8-6-14(2)7-9-15/h6-11H,3-5,12-13,18H2,1-2H3/b11-10+. The third kappa shape index (κ3) is 4.26. The summed E-state index contributed by atoms with van der Waals surface area (Å²) in [4.78, 5) is 0. The molecule has 2 aromatic rings. The van der Waals surface area contributed by atoms with Crippen LogP contribution in [0.25, 0.3) is 12.2 Å². The van der Waals surface area contributed by atoms with Crippen LogP contribution < -0.4 is 5.73 Å². The topological polar surface area (TPSA) is 56.7 Å². The predicted molar refractivity (Wildman–Crippen MR) is 87.5 cm³/mol. The van der Waals surface area contributed by atoms with Crippen LogP contribution in [-0.2, 0) is 13.1 Å². The number of nitrogens with two attached hydrogens (primary N) is 1. The van der Waals surface area contributed by atoms with Crippen molar-refractivity contribution < 1.29 is 0 Å². The van der Waals surface area contributed by atoms with Gasteiger partial charge in [-0.2, -0.15) is 0 Å². The van der Waals surface area contributed by atoms with Crippen molar-refractivity contribution in [2.75, 3.05) is 0 Å². The molecule has 0 spiro atoms. The first-order chi connectivity index (χ1) is 10.2. The predicted octanol–water partition coefficient (Wildman–Crippen LogP) is 3.41. The maximum atomic E-state index is 5.76. The summed E-state index contributed by atoms with van der Waals surface area (Å²) in [7, 11) is 0. The number of benzene rings is 1. The highest BCUT2D eigenvalue weighted by atomic mass is 15.4. The van der Waals surface area contributed by atoms with Crippen LogP contribution in [0.2, 0.25) is 0 Å². The van der Waals surface area contributed by atoms with Crippen LogP contribution in [0, 0.1) is 6.92 Å². The molecule has 0 aliphatic heterocycles. The molecule has 0 atom stereocenters. The van der Waals surface area contributed by atoms with Crippen LogP contribution in [0.4, 0.5) is 0 Å². The number of unbranched alkanes of at least 4 members (excludes halogenated alkanes) is 2. The lowest BCUT2D eigenvalue weighted by Gasteiger charge is -2.03. The van der Waals surface area contributed by atoms with Crippen LogP contribution in [0.3, 0.4) is 0 Å². The van der Waals surface area contributed by atoms with Crippen LogP contribution in [0.1, 0.15) is 48.7 Å². The Labute approximate surface area is 126 Å². The third-order valence-corrected chi connectivity index (χ3v) is 3.52. The number of aromatic nitrogens is 3. The van der Waals surface area contributed by atoms with Crippen LogP contribution in [0.5, 0.6) is 0 Å². The summed E-state index contributed by atoms with van der Waals surface area (Å²) in [5.74, 6) is 0. The van der Waals surface area contributed by atoms with E-state index in [1.165, 1.54) is 24.0 Å². The molecule has 1 aromatic carbocycles. The highest BCUT2D eigenvalue weighted by molar-refractivity contribution is 5.69. The minimum absolute atomic E-state index is 0.418. The minimum atomic E-state index is 0.418. The lowest BCUT2D eigenvalue weighted by molar-refractivity contribution is 0.534. The average Bonchev–Trinajstić information content (AvgIpc) is 2.89. The molecule has 4 heteroatoms. The Kier molecular flexibility index (Phi) is 5.69. The zero-order valence-corrected chi connectivity index (χ0v) is 12.9. The maximum absolute atomic E-state index is 5.76. The molecular weight excluding hydrogens is 260 g/mol. The van der Waals surface area contributed by atoms with Crippen LogP contribution >= 0.6 is 0 Å². The van der Waals surface area contributed by atoms with Gasteiger partial charge in [-0.25, -0.2) is 4.68 Å². The highest BCUT2D eigenvalue weighted by Crippen LogP contribution is 2.13. The summed E-state index contributed by atoms with van der Waals surface area (Å²) in [6.45, 7) is 5.60. The quantitative estimate of drug-likeness (QED) is 0.793. The van der Waals surface area contributed by atoms with Gasteiger partial charge in [-0.15, -0.1) is 5.10 Å². The molecule has 0 saturated carbocycles. The molecular formula is C17H24N4. The van der Waals surface area contributed by atoms with Gasteiger partial charge in [-0.05, 0) is 25.0 Å². The third-order valence-electron chi connectivity index (χ3n) is 3.52. The van der Waals surface area contributed by atoms with E-state index in [1.54, 1.807) is 0 Å². The highest BCUT2D eigenvalue weighted by Gasteiger charge is 2.08. The molecule has 2 rings (SSSR count). The second-order valence-electron chi connectivity index (χ2n) is 5.30. The first-order valence-corrected chi connectivity index (χ1v) is 7.61. The Bertz CT molecular complexity index is 581. The molecule has 0 saturated heterocycles. The normalized spacial score (nSPS) is 11.4. The van der Waals surface area contributed by atoms with Gasteiger partial charge in [0.25, 0.3) is 0 Å². The molecule has 0 fully saturated rings. The van der Waals surface area contributed by atoms with Crippen molar-refractivity contribution in [2.45, 2.75) is 46.2 Å². The molecule has 21 heavy (non-hydrogen) atoms. The van der Waals surface area contributed by atoms with Gasteiger partial charge < -0.3 is 5.73 Å². The van der Waals surface area contributed by atoms with E-state index in [9.17, 15) is 0 Å². The van der Waals surface area contributed by atoms with E-state index in [1.807, 2.05) is 4.68 Å². The second-order valence-corrected chi connectivity index (χ2v) is 5.30. The van der Waals surface area contributed by atoms with Crippen molar-refractivity contribution in [3.8, 4) is 0 Å². The van der Waals surface area contributed by atoms with Crippen molar-refractivity contribution in [1.82, 2.24) is 15.0 Å². The minimum Gasteiger partial charge on any atom is -0.325 e. The van der Waals surface area contributed by atoms with Gasteiger partial charge in [0.1, 0.15) is 5.69 Å². The fourth-order valence-electron chi connectivity index (χ4n) is 2.21. The van der Waals surface area contributed by atoms with Gasteiger partial charge >= 0.3 is 0 Å². The number of rotatable bonds is 7. The van der Waals surface area contributed by atoms with Gasteiger partial charge in [0.05, 0.1) is 5.69 Å². The van der Waals surface area contributed by atoms with Crippen molar-refractivity contribution in [1.29, 1.82) is 0 Å². The largest absolute Gasteiger partial charge is 0.325 e. The molecule has 0 unspecified atom stereocenters. The summed E-state index contributed by atoms with van der Waals surface area (Å²) < 4.78 is 1.96. The molecule has 112 valence electrons. The van der Waals surface area contributed by atoms with E-state index in [0.29, 0.717) is 6.54 Å². The first-order valence-electron chi connectivity index (χ1n) is 7.61. The summed E-state index contributed by atoms with van der Waals surface area (Å²) in [6.07, 6.45) is 7.69. The Morgan fingerprint density at radius 3 is 2.57 bits per heavy atom. The zero-order chi connectivity index (χ0) is 15.1. The Morgan fingerprint density at radius 2 is 1.90 bits per heavy atom. The molecule has 0 aliphatic rings. The summed E-state index contributed by atoms with van der Waals surface area (Å²) in [5, 5.41) is 8.40. The summed E-state index contributed by atoms with van der Waals surface area (Å²) in [5.41, 5.74) is 10.1. The van der Waals surface area contributed by atoms with Crippen molar-refractivity contribution in [3.63, 3.8) is 0 Å². The van der Waals surface area contributed by atoms with E-state index in [2.05, 4.69) is 60.6 Å². The molecule has 0 bridgehead atoms. The van der Waals surface area contributed by atoms with Crippen molar-refractivity contribution >= 4 is 12.2 Å². The fraction of sp³-hybridized carbons (Fsp3) is 0.412. The van der Waals surface area contributed by atoms with Crippen molar-refractivity contribution in [2.24, 2.45) is 5.73 Å². The van der Waals surface area contributed by atoms with Gasteiger partial charge in [0.2, 0.25) is 0 Å². The van der Waals surface area contributed by atoms with E-state index in [0.717, 1.165) is 24.4 Å². The van der Waals surface area contributed by atoms with E-state index < -0.39 is 0 Å². The lowest BCUT2D eigenvalue weighted by Crippen LogP contribution is -2.04. The average molecular weight is 284 g/mol. The smallest absolute Gasteiger partial charge is 0.104 e. The molecule has 4 nitrogen and oxygen atoms in total. The SMILES string of the molecule is CCCCCn1nnc(CN)c1/C=C/c1ccc(C)cc1. The number of aryl methyl sites for hydroxylation is 2. The Hall–Kier alpha value is -1.94. The van der Waals surface area contributed by atoms with Crippen LogP contribution in [-0.4, -0.2) is 15.0 Å². The monoisotopic (exact) mass is 284 g/mol. The summed E-state index contributed by atoms with van der Waals surface area (Å²) in [6, 6.07) is 8.44. The number of hydrogen-bond acceptors (Lipinski definition) is 3. The zero-order valence-electron chi connectivity index (χ0n) is 12.9. The van der Waals surface area contributed by atoms with Crippen LogP contribution in [0.15, 0.2) is 24.3 Å². The fourth-order valence-corrected chi connectivity index (χ4v) is 2.21. The Balaban J connectivity index is 2.16. The number of hydrogen-bond donors (Lipinski definition) is 1. The lowest BCUT2D eigenvalue weighted by atomic mass is 10.1. The molecule has 0 radical (unpaired) electrons. The van der Waals surface area contributed by atoms with E-state index in [4.69, 9.17) is 5.73 Å². The molecule has 1 heterocycles. The Morgan fingerprint density at radius 1 is 1.14 bits per heavy atom. The van der Waals surface area contributed by atoms with E-state index >= 15 is 0 Å². The summed E-state index contributed by atoms with van der Waals surface area (Å²) >= 11 is 0. The molecule has 2 N–H and O–H groups in total. The van der Waals surface area contributed by atoms with Gasteiger partial charge in [0.15, 0.2) is 0 Å². The van der Waals surface area contributed by atoms with Gasteiger partial charge in [-0.3, -0.25) is 0 Å². The molecule has 1 aromatic heterocycles. The molecule has 0 aliphatic carbocycles. The first kappa shape index (κ1) is 15.4. The van der Waals surface area contributed by atoms with Gasteiger partial charge in [-0.1, -0.05) is 60.9 Å². The van der Waals surface area contributed by atoms with Crippen molar-refractivity contribution in [3.05, 3.63) is 46.8 Å².